The first-order valence-corrected chi connectivity index (χ1v) is 8.28. The van der Waals surface area contributed by atoms with E-state index in [-0.39, 0.29) is 17.0 Å². The summed E-state index contributed by atoms with van der Waals surface area (Å²) in [5, 5.41) is 9.23. The quantitative estimate of drug-likeness (QED) is 0.464. The normalized spacial score (nSPS) is 11.3. The average molecular weight is 316 g/mol. The fourth-order valence-corrected chi connectivity index (χ4v) is 1.83. The highest BCUT2D eigenvalue weighted by atomic mass is 16.3. The molecule has 0 rings (SSSR count). The minimum absolute atomic E-state index is 0. The molecule has 0 fully saturated rings. The summed E-state index contributed by atoms with van der Waals surface area (Å²) in [7, 11) is 0. The number of unbranched alkanes of at least 4 members (excludes halogenated alkanes) is 5. The van der Waals surface area contributed by atoms with Crippen LogP contribution in [0.1, 0.15) is 85.5 Å². The van der Waals surface area contributed by atoms with Crippen molar-refractivity contribution in [3.05, 3.63) is 12.2 Å². The monoisotopic (exact) mass is 316 g/mol. The molecule has 0 spiro atoms. The molecule has 22 heavy (non-hydrogen) atoms. The second-order valence-electron chi connectivity index (χ2n) is 5.56. The van der Waals surface area contributed by atoms with Crippen molar-refractivity contribution in [3.8, 4) is 0 Å². The van der Waals surface area contributed by atoms with Crippen LogP contribution in [0.25, 0.3) is 0 Å². The molecule has 4 nitrogen and oxygen atoms in total. The Morgan fingerprint density at radius 1 is 1.00 bits per heavy atom. The summed E-state index contributed by atoms with van der Waals surface area (Å²) >= 11 is 0. The lowest BCUT2D eigenvalue weighted by Crippen LogP contribution is -2.10. The lowest BCUT2D eigenvalue weighted by molar-refractivity contribution is -0.119. The third kappa shape index (κ3) is 27.4. The van der Waals surface area contributed by atoms with Crippen molar-refractivity contribution in [1.82, 2.24) is 0 Å². The Morgan fingerprint density at radius 3 is 2.00 bits per heavy atom. The first-order chi connectivity index (χ1) is 9.93. The number of hydrogen-bond donors (Lipinski definition) is 1. The predicted molar refractivity (Wildman–Crippen MR) is 93.0 cm³/mol. The van der Waals surface area contributed by atoms with Gasteiger partial charge in [-0.15, -0.1) is 0 Å². The van der Waals surface area contributed by atoms with Crippen LogP contribution in [0.5, 0.6) is 0 Å². The van der Waals surface area contributed by atoms with Gasteiger partial charge in [0.2, 0.25) is 0 Å². The minimum Gasteiger partial charge on any atom is -0.412 e. The molecule has 0 aliphatic carbocycles. The summed E-state index contributed by atoms with van der Waals surface area (Å²) in [5.74, 6) is 0.227. The van der Waals surface area contributed by atoms with Crippen LogP contribution in [0.2, 0.25) is 0 Å². The van der Waals surface area contributed by atoms with E-state index in [1.165, 1.54) is 26.2 Å². The molecule has 0 saturated carbocycles. The molecule has 0 aliphatic rings. The molecule has 0 aromatic rings. The summed E-state index contributed by atoms with van der Waals surface area (Å²) in [4.78, 5) is 20.9. The van der Waals surface area contributed by atoms with Gasteiger partial charge in [-0.1, -0.05) is 52.0 Å². The first-order valence-electron chi connectivity index (χ1n) is 8.28. The van der Waals surface area contributed by atoms with Gasteiger partial charge in [-0.05, 0) is 39.2 Å². The summed E-state index contributed by atoms with van der Waals surface area (Å²) in [6.07, 6.45) is 12.4. The molecule has 132 valence electrons. The molecule has 3 N–H and O–H groups in total. The number of hydrogen-bond acceptors (Lipinski definition) is 3. The largest absolute Gasteiger partial charge is 0.412 e. The Bertz CT molecular complexity index is 285. The third-order valence-electron chi connectivity index (χ3n) is 2.99. The molecule has 0 amide bonds. The number of rotatable bonds is 11. The highest BCUT2D eigenvalue weighted by Crippen LogP contribution is 2.06. The summed E-state index contributed by atoms with van der Waals surface area (Å²) < 4.78 is 0. The second-order valence-corrected chi connectivity index (χ2v) is 5.56. The molecule has 0 aromatic heterocycles. The number of carbonyl (C=O) groups is 2. The van der Waals surface area contributed by atoms with E-state index in [2.05, 4.69) is 13.8 Å². The van der Waals surface area contributed by atoms with Gasteiger partial charge in [0.05, 0.1) is 6.10 Å². The maximum atomic E-state index is 10.5. The molecule has 0 heterocycles. The maximum absolute atomic E-state index is 10.5. The zero-order valence-electron chi connectivity index (χ0n) is 14.9. The Kier molecular flexibility index (Phi) is 23.6. The molecule has 0 aliphatic heterocycles. The zero-order chi connectivity index (χ0) is 16.5. The molecule has 0 saturated heterocycles. The molecular weight excluding hydrogens is 280 g/mol. The summed E-state index contributed by atoms with van der Waals surface area (Å²) in [5.41, 5.74) is 0. The number of aliphatic hydroxyl groups excluding tert-OH is 1. The van der Waals surface area contributed by atoms with Crippen LogP contribution in [0.15, 0.2) is 12.2 Å². The van der Waals surface area contributed by atoms with Gasteiger partial charge in [0.25, 0.3) is 0 Å². The molecule has 0 radical (unpaired) electrons. The Hall–Kier alpha value is -1.00. The van der Waals surface area contributed by atoms with Crippen LogP contribution in [-0.2, 0) is 9.59 Å². The molecule has 0 bridgehead atoms. The SMILES string of the molecule is CCCCC/C=C/C(C)=O.CCCCC[C@@H](O)CC(C)=O.O. The number of allylic oxidation sites excluding steroid dienone is 2. The average Bonchev–Trinajstić information content (AvgIpc) is 2.38. The van der Waals surface area contributed by atoms with E-state index in [1.807, 2.05) is 6.08 Å². The Morgan fingerprint density at radius 2 is 1.55 bits per heavy atom. The van der Waals surface area contributed by atoms with E-state index in [9.17, 15) is 14.7 Å². The third-order valence-corrected chi connectivity index (χ3v) is 2.99. The van der Waals surface area contributed by atoms with E-state index in [4.69, 9.17) is 0 Å². The summed E-state index contributed by atoms with van der Waals surface area (Å²) in [6.45, 7) is 7.39. The van der Waals surface area contributed by atoms with E-state index in [0.29, 0.717) is 6.42 Å². The molecule has 4 heteroatoms. The van der Waals surface area contributed by atoms with Crippen LogP contribution >= 0.6 is 0 Å². The lowest BCUT2D eigenvalue weighted by atomic mass is 10.1. The lowest BCUT2D eigenvalue weighted by Gasteiger charge is -2.06. The van der Waals surface area contributed by atoms with E-state index < -0.39 is 6.10 Å². The van der Waals surface area contributed by atoms with E-state index >= 15 is 0 Å². The van der Waals surface area contributed by atoms with Gasteiger partial charge in [-0.2, -0.15) is 0 Å². The van der Waals surface area contributed by atoms with Crippen molar-refractivity contribution >= 4 is 11.6 Å². The Balaban J connectivity index is -0.000000315. The second kappa shape index (κ2) is 20.0. The molecule has 0 aromatic carbocycles. The summed E-state index contributed by atoms with van der Waals surface area (Å²) in [6, 6.07) is 0. The predicted octanol–water partition coefficient (Wildman–Crippen LogP) is 3.79. The van der Waals surface area contributed by atoms with Gasteiger partial charge in [0.1, 0.15) is 5.78 Å². The number of aliphatic hydroxyl groups is 1. The molecule has 0 unspecified atom stereocenters. The highest BCUT2D eigenvalue weighted by molar-refractivity contribution is 5.87. The van der Waals surface area contributed by atoms with Crippen molar-refractivity contribution in [2.24, 2.45) is 0 Å². The van der Waals surface area contributed by atoms with Gasteiger partial charge in [-0.25, -0.2) is 0 Å². The fraction of sp³-hybridized carbons (Fsp3) is 0.778. The van der Waals surface area contributed by atoms with Gasteiger partial charge >= 0.3 is 0 Å². The van der Waals surface area contributed by atoms with Crippen molar-refractivity contribution < 1.29 is 20.2 Å². The number of carbonyl (C=O) groups excluding carboxylic acids is 2. The van der Waals surface area contributed by atoms with Crippen LogP contribution in [0, 0.1) is 0 Å². The fourth-order valence-electron chi connectivity index (χ4n) is 1.83. The molecule has 1 atom stereocenters. The van der Waals surface area contributed by atoms with Gasteiger partial charge < -0.3 is 10.6 Å². The van der Waals surface area contributed by atoms with Gasteiger partial charge in [0, 0.05) is 6.42 Å². The number of Topliss-reactive ketones (excluding diaryl/α,β-unsaturated/α-hetero) is 1. The standard InChI is InChI=1S/C9H18O2.C9H16O.H2O/c1-3-4-5-6-9(11)7-8(2)10;1-3-4-5-6-7-8-9(2)10;/h9,11H,3-7H2,1-2H3;7-8H,3-6H2,1-2H3;1H2/b;8-7+;/t9-;;/m1../s1. The topological polar surface area (TPSA) is 85.9 Å². The first kappa shape index (κ1) is 25.9. The Labute approximate surface area is 136 Å². The van der Waals surface area contributed by atoms with E-state index in [1.54, 1.807) is 13.0 Å². The van der Waals surface area contributed by atoms with Crippen molar-refractivity contribution in [3.63, 3.8) is 0 Å². The van der Waals surface area contributed by atoms with Crippen molar-refractivity contribution in [2.75, 3.05) is 0 Å². The zero-order valence-corrected chi connectivity index (χ0v) is 14.9. The van der Waals surface area contributed by atoms with Crippen LogP contribution < -0.4 is 0 Å². The van der Waals surface area contributed by atoms with Gasteiger partial charge in [-0.3, -0.25) is 9.59 Å². The van der Waals surface area contributed by atoms with Crippen LogP contribution in [0.3, 0.4) is 0 Å². The van der Waals surface area contributed by atoms with Crippen LogP contribution in [0.4, 0.5) is 0 Å². The molecular formula is C18H36O4. The number of ketones is 2. The smallest absolute Gasteiger partial charge is 0.152 e. The van der Waals surface area contributed by atoms with Crippen LogP contribution in [-0.4, -0.2) is 28.3 Å². The van der Waals surface area contributed by atoms with Gasteiger partial charge in [0.15, 0.2) is 5.78 Å². The van der Waals surface area contributed by atoms with E-state index in [0.717, 1.165) is 32.1 Å². The maximum Gasteiger partial charge on any atom is 0.152 e. The van der Waals surface area contributed by atoms with Crippen molar-refractivity contribution in [1.29, 1.82) is 0 Å². The highest BCUT2D eigenvalue weighted by Gasteiger charge is 2.05. The van der Waals surface area contributed by atoms with Crippen molar-refractivity contribution in [2.45, 2.75) is 91.6 Å². The minimum atomic E-state index is -0.404.